The Morgan fingerprint density at radius 3 is 1.96 bits per heavy atom. The molecule has 26 heavy (non-hydrogen) atoms. The molecule has 0 aromatic rings. The second-order valence-corrected chi connectivity index (χ2v) is 5.53. The van der Waals surface area contributed by atoms with E-state index in [4.69, 9.17) is 18.9 Å². The van der Waals surface area contributed by atoms with E-state index in [-0.39, 0.29) is 0 Å². The average Bonchev–Trinajstić information content (AvgIpc) is 2.47. The van der Waals surface area contributed by atoms with E-state index in [0.29, 0.717) is 0 Å². The Kier molecular flexibility index (Phi) is 7.43. The summed E-state index contributed by atoms with van der Waals surface area (Å²) < 4.78 is 20.2. The van der Waals surface area contributed by atoms with Crippen molar-refractivity contribution in [1.82, 2.24) is 5.32 Å². The molecule has 1 aliphatic rings. The fraction of sp³-hybridized carbons (Fsp3) is 0.714. The number of nitrogens with zero attached hydrogens (tertiary/aromatic N) is 1. The molecule has 0 aromatic heterocycles. The molecule has 0 radical (unpaired) electrons. The Labute approximate surface area is 148 Å². The first-order valence-corrected chi connectivity index (χ1v) is 7.56. The number of hydrogen-bond acceptors (Lipinski definition) is 10. The van der Waals surface area contributed by atoms with Crippen LogP contribution in [-0.2, 0) is 38.1 Å². The Balaban J connectivity index is 3.29. The van der Waals surface area contributed by atoms with Gasteiger partial charge in [-0.15, -0.1) is 0 Å². The van der Waals surface area contributed by atoms with Gasteiger partial charge in [0.15, 0.2) is 18.2 Å². The van der Waals surface area contributed by atoms with E-state index in [1.165, 1.54) is 0 Å². The van der Waals surface area contributed by atoms with Gasteiger partial charge < -0.3 is 24.3 Å². The molecule has 12 heteroatoms. The molecular weight excluding hydrogens is 356 g/mol. The standard InChI is InChI=1S/C14H20N2O10/c1-6(17)15-11-13(25-9(4)20)12(24-8(3)19)10(5-23-7(2)18)26-14(11)16(21)22/h10-14H,5H2,1-4H3,(H,15,17)/t10-,11+,12+,13+,14-/m0/s1. The molecule has 0 bridgehead atoms. The number of ether oxygens (including phenoxy) is 4. The van der Waals surface area contributed by atoms with Crippen LogP contribution in [0.15, 0.2) is 0 Å². The van der Waals surface area contributed by atoms with Crippen molar-refractivity contribution in [3.63, 3.8) is 0 Å². The maximum absolute atomic E-state index is 11.5. The fourth-order valence-electron chi connectivity index (χ4n) is 2.49. The topological polar surface area (TPSA) is 160 Å². The number of rotatable bonds is 6. The van der Waals surface area contributed by atoms with Crippen molar-refractivity contribution in [1.29, 1.82) is 0 Å². The van der Waals surface area contributed by atoms with E-state index >= 15 is 0 Å². The summed E-state index contributed by atoms with van der Waals surface area (Å²) in [5.41, 5.74) is 0. The predicted octanol–water partition coefficient (Wildman–Crippen LogP) is -1.08. The summed E-state index contributed by atoms with van der Waals surface area (Å²) in [7, 11) is 0. The van der Waals surface area contributed by atoms with E-state index in [1.54, 1.807) is 0 Å². The van der Waals surface area contributed by atoms with E-state index in [0.717, 1.165) is 27.7 Å². The minimum Gasteiger partial charge on any atom is -0.463 e. The molecule has 1 N–H and O–H groups in total. The zero-order chi connectivity index (χ0) is 20.0. The second kappa shape index (κ2) is 9.08. The lowest BCUT2D eigenvalue weighted by molar-refractivity contribution is -0.594. The number of esters is 3. The minimum absolute atomic E-state index is 0.484. The summed E-state index contributed by atoms with van der Waals surface area (Å²) in [6, 6.07) is -1.43. The van der Waals surface area contributed by atoms with Gasteiger partial charge in [0, 0.05) is 27.7 Å². The summed E-state index contributed by atoms with van der Waals surface area (Å²) in [6.07, 6.45) is -5.88. The number of amides is 1. The molecule has 0 spiro atoms. The number of nitrogens with one attached hydrogen (secondary N) is 1. The molecule has 0 unspecified atom stereocenters. The van der Waals surface area contributed by atoms with Crippen LogP contribution in [0.2, 0.25) is 0 Å². The van der Waals surface area contributed by atoms with Crippen LogP contribution >= 0.6 is 0 Å². The van der Waals surface area contributed by atoms with Gasteiger partial charge in [0.05, 0.1) is 4.92 Å². The first kappa shape index (κ1) is 21.3. The molecule has 1 amide bonds. The van der Waals surface area contributed by atoms with Gasteiger partial charge in [-0.2, -0.15) is 0 Å². The Hall–Kier alpha value is -2.76. The number of carbonyl (C=O) groups is 4. The molecule has 0 aromatic carbocycles. The second-order valence-electron chi connectivity index (χ2n) is 5.53. The third-order valence-electron chi connectivity index (χ3n) is 3.30. The van der Waals surface area contributed by atoms with Crippen LogP contribution in [-0.4, -0.2) is 65.9 Å². The van der Waals surface area contributed by atoms with Gasteiger partial charge >= 0.3 is 24.1 Å². The van der Waals surface area contributed by atoms with Crippen molar-refractivity contribution >= 4 is 23.8 Å². The van der Waals surface area contributed by atoms with E-state index in [9.17, 15) is 29.3 Å². The van der Waals surface area contributed by atoms with Crippen LogP contribution in [0.3, 0.4) is 0 Å². The van der Waals surface area contributed by atoms with Gasteiger partial charge in [-0.3, -0.25) is 29.3 Å². The lowest BCUT2D eigenvalue weighted by Crippen LogP contribution is -2.67. The molecule has 1 rings (SSSR count). The maximum Gasteiger partial charge on any atom is 0.340 e. The highest BCUT2D eigenvalue weighted by Crippen LogP contribution is 2.27. The molecular formula is C14H20N2O10. The molecule has 1 heterocycles. The highest BCUT2D eigenvalue weighted by atomic mass is 16.7. The molecule has 146 valence electrons. The number of carbonyl (C=O) groups excluding carboxylic acids is 4. The van der Waals surface area contributed by atoms with Crippen LogP contribution in [0.25, 0.3) is 0 Å². The highest BCUT2D eigenvalue weighted by molar-refractivity contribution is 5.73. The highest BCUT2D eigenvalue weighted by Gasteiger charge is 2.55. The van der Waals surface area contributed by atoms with Crippen molar-refractivity contribution in [2.45, 2.75) is 58.3 Å². The molecule has 0 aliphatic carbocycles. The first-order valence-electron chi connectivity index (χ1n) is 7.56. The smallest absolute Gasteiger partial charge is 0.340 e. The van der Waals surface area contributed by atoms with Crippen molar-refractivity contribution in [2.75, 3.05) is 6.61 Å². The Morgan fingerprint density at radius 1 is 1.00 bits per heavy atom. The van der Waals surface area contributed by atoms with Gasteiger partial charge in [0.1, 0.15) is 12.7 Å². The number of hydrogen-bond donors (Lipinski definition) is 1. The van der Waals surface area contributed by atoms with E-state index in [2.05, 4.69) is 5.32 Å². The van der Waals surface area contributed by atoms with Crippen LogP contribution < -0.4 is 5.32 Å². The summed E-state index contributed by atoms with van der Waals surface area (Å²) in [6.45, 7) is 3.85. The van der Waals surface area contributed by atoms with Gasteiger partial charge in [0.25, 0.3) is 0 Å². The van der Waals surface area contributed by atoms with Crippen LogP contribution in [0.1, 0.15) is 27.7 Å². The normalized spacial score (nSPS) is 27.8. The predicted molar refractivity (Wildman–Crippen MR) is 81.0 cm³/mol. The molecule has 1 saturated heterocycles. The zero-order valence-corrected chi connectivity index (χ0v) is 14.6. The summed E-state index contributed by atoms with van der Waals surface area (Å²) >= 11 is 0. The SMILES string of the molecule is CC(=O)N[C@@H]1[C@@H](OC(C)=O)[C@H](OC(C)=O)[C@H](COC(C)=O)O[C@@H]1[N+](=O)[O-]. The Morgan fingerprint density at radius 2 is 1.54 bits per heavy atom. The lowest BCUT2D eigenvalue weighted by atomic mass is 9.95. The van der Waals surface area contributed by atoms with Gasteiger partial charge in [-0.05, 0) is 0 Å². The lowest BCUT2D eigenvalue weighted by Gasteiger charge is -2.41. The van der Waals surface area contributed by atoms with E-state index < -0.39 is 65.9 Å². The maximum atomic E-state index is 11.5. The number of nitro groups is 1. The molecule has 1 fully saturated rings. The molecule has 0 saturated carbocycles. The average molecular weight is 376 g/mol. The summed E-state index contributed by atoms with van der Waals surface area (Å²) in [5, 5.41) is 13.6. The van der Waals surface area contributed by atoms with Gasteiger partial charge in [0.2, 0.25) is 5.91 Å². The molecule has 5 atom stereocenters. The van der Waals surface area contributed by atoms with Gasteiger partial charge in [-0.25, -0.2) is 0 Å². The van der Waals surface area contributed by atoms with Crippen LogP contribution in [0.5, 0.6) is 0 Å². The van der Waals surface area contributed by atoms with Crippen LogP contribution in [0.4, 0.5) is 0 Å². The molecule has 12 nitrogen and oxygen atoms in total. The zero-order valence-electron chi connectivity index (χ0n) is 14.6. The van der Waals surface area contributed by atoms with Crippen molar-refractivity contribution in [3.05, 3.63) is 10.1 Å². The first-order chi connectivity index (χ1) is 12.0. The van der Waals surface area contributed by atoms with Gasteiger partial charge in [-0.1, -0.05) is 0 Å². The minimum atomic E-state index is -1.82. The van der Waals surface area contributed by atoms with Crippen LogP contribution in [0, 0.1) is 10.1 Å². The Bertz CT molecular complexity index is 592. The fourth-order valence-corrected chi connectivity index (χ4v) is 2.49. The van der Waals surface area contributed by atoms with Crippen molar-refractivity contribution < 1.29 is 43.0 Å². The summed E-state index contributed by atoms with van der Waals surface area (Å²) in [5.74, 6) is -2.95. The van der Waals surface area contributed by atoms with Crippen molar-refractivity contribution in [3.8, 4) is 0 Å². The monoisotopic (exact) mass is 376 g/mol. The quantitative estimate of drug-likeness (QED) is 0.261. The van der Waals surface area contributed by atoms with E-state index in [1.807, 2.05) is 0 Å². The largest absolute Gasteiger partial charge is 0.463 e. The summed E-state index contributed by atoms with van der Waals surface area (Å²) in [4.78, 5) is 55.9. The third kappa shape index (κ3) is 5.95. The molecule has 1 aliphatic heterocycles. The van der Waals surface area contributed by atoms with Crippen molar-refractivity contribution in [2.24, 2.45) is 0 Å². The third-order valence-corrected chi connectivity index (χ3v) is 3.30.